The fourth-order valence-electron chi connectivity index (χ4n) is 1.82. The molecule has 0 aliphatic rings. The lowest BCUT2D eigenvalue weighted by Gasteiger charge is -2.23. The molecule has 17 heavy (non-hydrogen) atoms. The zero-order valence-electron chi connectivity index (χ0n) is 10.1. The van der Waals surface area contributed by atoms with Gasteiger partial charge in [-0.05, 0) is 31.0 Å². The Kier molecular flexibility index (Phi) is 3.14. The number of furan rings is 1. The highest BCUT2D eigenvalue weighted by molar-refractivity contribution is 5.90. The van der Waals surface area contributed by atoms with E-state index in [9.17, 15) is 4.79 Å². The first-order valence-corrected chi connectivity index (χ1v) is 5.70. The van der Waals surface area contributed by atoms with Gasteiger partial charge in [-0.25, -0.2) is 0 Å². The Morgan fingerprint density at radius 2 is 1.88 bits per heavy atom. The Hall–Kier alpha value is -1.83. The van der Waals surface area contributed by atoms with Gasteiger partial charge in [-0.15, -0.1) is 0 Å². The van der Waals surface area contributed by atoms with Gasteiger partial charge in [0.1, 0.15) is 5.78 Å². The molecule has 1 aromatic carbocycles. The molecule has 88 valence electrons. The molecule has 2 rings (SSSR count). The van der Waals surface area contributed by atoms with Crippen LogP contribution in [-0.4, -0.2) is 5.78 Å². The van der Waals surface area contributed by atoms with Crippen LogP contribution in [0.2, 0.25) is 0 Å². The number of benzene rings is 1. The fourth-order valence-corrected chi connectivity index (χ4v) is 1.82. The van der Waals surface area contributed by atoms with Gasteiger partial charge in [0.25, 0.3) is 0 Å². The quantitative estimate of drug-likeness (QED) is 0.803. The molecule has 0 radical (unpaired) electrons. The van der Waals surface area contributed by atoms with Crippen LogP contribution in [-0.2, 0) is 16.6 Å². The molecule has 0 fully saturated rings. The molecular formula is C15H16O2. The van der Waals surface area contributed by atoms with Gasteiger partial charge in [-0.2, -0.15) is 0 Å². The van der Waals surface area contributed by atoms with Gasteiger partial charge < -0.3 is 4.42 Å². The second kappa shape index (κ2) is 4.58. The zero-order chi connectivity index (χ0) is 12.3. The lowest BCUT2D eigenvalue weighted by Crippen LogP contribution is -2.30. The van der Waals surface area contributed by atoms with Crippen molar-refractivity contribution in [3.63, 3.8) is 0 Å². The molecule has 0 aliphatic carbocycles. The normalized spacial score (nSPS) is 11.4. The first-order chi connectivity index (χ1) is 8.10. The highest BCUT2D eigenvalue weighted by Crippen LogP contribution is 2.25. The molecule has 0 bridgehead atoms. The van der Waals surface area contributed by atoms with Crippen molar-refractivity contribution in [1.82, 2.24) is 0 Å². The standard InChI is InChI=1S/C15H16O2/c1-15(2,13-6-4-3-5-7-13)14(16)10-12-8-9-17-11-12/h3-9,11H,10H2,1-2H3. The summed E-state index contributed by atoms with van der Waals surface area (Å²) in [4.78, 5) is 12.3. The summed E-state index contributed by atoms with van der Waals surface area (Å²) in [6, 6.07) is 11.7. The van der Waals surface area contributed by atoms with Gasteiger partial charge in [0, 0.05) is 11.8 Å². The molecule has 0 spiro atoms. The first kappa shape index (κ1) is 11.6. The van der Waals surface area contributed by atoms with Gasteiger partial charge in [-0.1, -0.05) is 30.3 Å². The summed E-state index contributed by atoms with van der Waals surface area (Å²) in [5, 5.41) is 0. The predicted octanol–water partition coefficient (Wildman–Crippen LogP) is 3.37. The SMILES string of the molecule is CC(C)(C(=O)Cc1ccoc1)c1ccccc1. The molecule has 0 N–H and O–H groups in total. The Morgan fingerprint density at radius 1 is 1.18 bits per heavy atom. The van der Waals surface area contributed by atoms with E-state index in [1.165, 1.54) is 0 Å². The average molecular weight is 228 g/mol. The van der Waals surface area contributed by atoms with Crippen molar-refractivity contribution in [2.24, 2.45) is 0 Å². The lowest BCUT2D eigenvalue weighted by molar-refractivity contribution is -0.122. The smallest absolute Gasteiger partial charge is 0.147 e. The van der Waals surface area contributed by atoms with Crippen molar-refractivity contribution in [2.45, 2.75) is 25.7 Å². The lowest BCUT2D eigenvalue weighted by atomic mass is 9.79. The summed E-state index contributed by atoms with van der Waals surface area (Å²) in [6.07, 6.45) is 3.63. The fraction of sp³-hybridized carbons (Fsp3) is 0.267. The summed E-state index contributed by atoms with van der Waals surface area (Å²) in [7, 11) is 0. The van der Waals surface area contributed by atoms with Crippen LogP contribution in [0.1, 0.15) is 25.0 Å². The minimum absolute atomic E-state index is 0.199. The molecular weight excluding hydrogens is 212 g/mol. The number of carbonyl (C=O) groups is 1. The van der Waals surface area contributed by atoms with Crippen LogP contribution in [0.25, 0.3) is 0 Å². The second-order valence-corrected chi connectivity index (χ2v) is 4.72. The van der Waals surface area contributed by atoms with E-state index in [2.05, 4.69) is 0 Å². The third-order valence-electron chi connectivity index (χ3n) is 3.14. The number of carbonyl (C=O) groups excluding carboxylic acids is 1. The van der Waals surface area contributed by atoms with E-state index in [0.29, 0.717) is 6.42 Å². The largest absolute Gasteiger partial charge is 0.472 e. The number of Topliss-reactive ketones (excluding diaryl/α,β-unsaturated/α-hetero) is 1. The maximum atomic E-state index is 12.3. The average Bonchev–Trinajstić information content (AvgIpc) is 2.83. The van der Waals surface area contributed by atoms with Crippen LogP contribution in [0, 0.1) is 0 Å². The molecule has 0 amide bonds. The molecule has 0 aliphatic heterocycles. The first-order valence-electron chi connectivity index (χ1n) is 5.70. The minimum Gasteiger partial charge on any atom is -0.472 e. The summed E-state index contributed by atoms with van der Waals surface area (Å²) in [5.74, 6) is 0.199. The summed E-state index contributed by atoms with van der Waals surface area (Å²) in [6.45, 7) is 3.93. The number of ketones is 1. The zero-order valence-corrected chi connectivity index (χ0v) is 10.1. The third kappa shape index (κ3) is 2.47. The van der Waals surface area contributed by atoms with Crippen molar-refractivity contribution < 1.29 is 9.21 Å². The molecule has 2 aromatic rings. The van der Waals surface area contributed by atoms with Crippen LogP contribution >= 0.6 is 0 Å². The van der Waals surface area contributed by atoms with E-state index < -0.39 is 5.41 Å². The van der Waals surface area contributed by atoms with E-state index in [4.69, 9.17) is 4.42 Å². The molecule has 0 unspecified atom stereocenters. The van der Waals surface area contributed by atoms with Crippen LogP contribution in [0.3, 0.4) is 0 Å². The Balaban J connectivity index is 2.18. The summed E-state index contributed by atoms with van der Waals surface area (Å²) < 4.78 is 4.98. The topological polar surface area (TPSA) is 30.2 Å². The number of hydrogen-bond acceptors (Lipinski definition) is 2. The minimum atomic E-state index is -0.460. The second-order valence-electron chi connectivity index (χ2n) is 4.72. The van der Waals surface area contributed by atoms with Gasteiger partial charge in [0.15, 0.2) is 0 Å². The Morgan fingerprint density at radius 3 is 2.47 bits per heavy atom. The maximum Gasteiger partial charge on any atom is 0.147 e. The van der Waals surface area contributed by atoms with E-state index in [0.717, 1.165) is 11.1 Å². The molecule has 1 aromatic heterocycles. The Bertz CT molecular complexity index is 481. The van der Waals surface area contributed by atoms with Gasteiger partial charge in [0.05, 0.1) is 12.5 Å². The molecule has 2 heteroatoms. The van der Waals surface area contributed by atoms with Crippen molar-refractivity contribution in [2.75, 3.05) is 0 Å². The van der Waals surface area contributed by atoms with Crippen molar-refractivity contribution in [3.8, 4) is 0 Å². The van der Waals surface area contributed by atoms with E-state index >= 15 is 0 Å². The summed E-state index contributed by atoms with van der Waals surface area (Å²) in [5.41, 5.74) is 1.52. The Labute approximate surface area is 101 Å². The van der Waals surface area contributed by atoms with E-state index in [-0.39, 0.29) is 5.78 Å². The summed E-state index contributed by atoms with van der Waals surface area (Å²) >= 11 is 0. The molecule has 0 saturated carbocycles. The van der Waals surface area contributed by atoms with Crippen LogP contribution in [0.5, 0.6) is 0 Å². The highest BCUT2D eigenvalue weighted by Gasteiger charge is 2.29. The van der Waals surface area contributed by atoms with Gasteiger partial charge in [-0.3, -0.25) is 4.79 Å². The molecule has 2 nitrogen and oxygen atoms in total. The van der Waals surface area contributed by atoms with Crippen LogP contribution < -0.4 is 0 Å². The maximum absolute atomic E-state index is 12.3. The van der Waals surface area contributed by atoms with Crippen molar-refractivity contribution in [1.29, 1.82) is 0 Å². The highest BCUT2D eigenvalue weighted by atomic mass is 16.3. The predicted molar refractivity (Wildman–Crippen MR) is 66.9 cm³/mol. The molecule has 1 heterocycles. The van der Waals surface area contributed by atoms with Crippen molar-refractivity contribution >= 4 is 5.78 Å². The van der Waals surface area contributed by atoms with Crippen LogP contribution in [0.15, 0.2) is 53.3 Å². The molecule has 0 saturated heterocycles. The third-order valence-corrected chi connectivity index (χ3v) is 3.14. The van der Waals surface area contributed by atoms with Gasteiger partial charge in [0.2, 0.25) is 0 Å². The molecule has 0 atom stereocenters. The number of rotatable bonds is 4. The monoisotopic (exact) mass is 228 g/mol. The van der Waals surface area contributed by atoms with Crippen molar-refractivity contribution in [3.05, 3.63) is 60.1 Å². The van der Waals surface area contributed by atoms with Gasteiger partial charge >= 0.3 is 0 Å². The van der Waals surface area contributed by atoms with E-state index in [1.807, 2.05) is 50.2 Å². The van der Waals surface area contributed by atoms with E-state index in [1.54, 1.807) is 12.5 Å². The number of hydrogen-bond donors (Lipinski definition) is 0. The van der Waals surface area contributed by atoms with Crippen LogP contribution in [0.4, 0.5) is 0 Å².